The lowest BCUT2D eigenvalue weighted by atomic mass is 9.87. The number of amides is 1. The van der Waals surface area contributed by atoms with Gasteiger partial charge in [-0.25, -0.2) is 0 Å². The number of hydrogen-bond donors (Lipinski definition) is 3. The largest absolute Gasteiger partial charge is 0.353 e. The first-order valence-electron chi connectivity index (χ1n) is 13.8. The van der Waals surface area contributed by atoms with Crippen molar-refractivity contribution >= 4 is 33.4 Å². The van der Waals surface area contributed by atoms with E-state index in [1.165, 1.54) is 19.3 Å². The van der Waals surface area contributed by atoms with Crippen LogP contribution in [0.15, 0.2) is 79.4 Å². The van der Waals surface area contributed by atoms with Crippen LogP contribution in [0.1, 0.15) is 38.5 Å². The molecule has 8 nitrogen and oxygen atoms in total. The summed E-state index contributed by atoms with van der Waals surface area (Å²) in [5, 5.41) is 12.9. The summed E-state index contributed by atoms with van der Waals surface area (Å²) in [6, 6.07) is 18.0. The molecular formula is C32H29N7O. The van der Waals surface area contributed by atoms with Gasteiger partial charge in [-0.1, -0.05) is 31.4 Å². The molecule has 1 aromatic carbocycles. The molecule has 0 unspecified atom stereocenters. The maximum Gasteiger partial charge on any atom is 0.224 e. The number of carbonyl (C=O) groups is 1. The van der Waals surface area contributed by atoms with Crippen LogP contribution >= 0.6 is 0 Å². The highest BCUT2D eigenvalue weighted by molar-refractivity contribution is 6.00. The van der Waals surface area contributed by atoms with Crippen LogP contribution in [0.2, 0.25) is 0 Å². The summed E-state index contributed by atoms with van der Waals surface area (Å²) in [6.45, 7) is 0. The summed E-state index contributed by atoms with van der Waals surface area (Å²) in [7, 11) is 0. The number of nitrogens with zero attached hydrogens (tertiary/aromatic N) is 4. The first kappa shape index (κ1) is 24.2. The summed E-state index contributed by atoms with van der Waals surface area (Å²) >= 11 is 0. The highest BCUT2D eigenvalue weighted by atomic mass is 16.1. The molecule has 0 atom stereocenters. The van der Waals surface area contributed by atoms with Crippen LogP contribution in [0.25, 0.3) is 55.7 Å². The average Bonchev–Trinajstić information content (AvgIpc) is 3.62. The Kier molecular flexibility index (Phi) is 6.28. The van der Waals surface area contributed by atoms with Gasteiger partial charge < -0.3 is 10.3 Å². The highest BCUT2D eigenvalue weighted by Gasteiger charge is 2.18. The second-order valence-electron chi connectivity index (χ2n) is 10.6. The fourth-order valence-corrected chi connectivity index (χ4v) is 5.82. The topological polar surface area (TPSA) is 112 Å². The molecule has 1 aliphatic rings. The summed E-state index contributed by atoms with van der Waals surface area (Å²) in [6.07, 6.45) is 13.7. The first-order valence-corrected chi connectivity index (χ1v) is 13.8. The van der Waals surface area contributed by atoms with Crippen LogP contribution in [-0.4, -0.2) is 36.0 Å². The number of pyridine rings is 3. The third-order valence-electron chi connectivity index (χ3n) is 7.83. The zero-order valence-electron chi connectivity index (χ0n) is 22.0. The van der Waals surface area contributed by atoms with Gasteiger partial charge >= 0.3 is 0 Å². The molecule has 7 rings (SSSR count). The van der Waals surface area contributed by atoms with E-state index in [2.05, 4.69) is 47.6 Å². The van der Waals surface area contributed by atoms with Crippen molar-refractivity contribution in [3.05, 3.63) is 79.4 Å². The number of anilines is 1. The molecule has 5 aromatic heterocycles. The van der Waals surface area contributed by atoms with Gasteiger partial charge in [-0.15, -0.1) is 0 Å². The standard InChI is InChI=1S/C32H29N7O/c40-30(14-20-6-2-1-3-7-20)36-23-15-22(18-33-19-23)21-9-10-27-24(16-21)32(39-38-27)29-17-25-26(37-29)11-13-35-31(25)28-8-4-5-12-34-28/h4-5,8-13,15-20,37H,1-3,6-7,14H2,(H,36,40)(H,38,39). The number of fused-ring (bicyclic) bond motifs is 2. The van der Waals surface area contributed by atoms with Crippen molar-refractivity contribution in [2.24, 2.45) is 5.92 Å². The zero-order chi connectivity index (χ0) is 26.9. The molecule has 0 spiro atoms. The number of aromatic nitrogens is 6. The average molecular weight is 528 g/mol. The van der Waals surface area contributed by atoms with Crippen molar-refractivity contribution in [3.8, 4) is 33.9 Å². The SMILES string of the molecule is O=C(CC1CCCCC1)Nc1cncc(-c2ccc3[nH]nc(-c4cc5c(-c6ccccn6)nccc5[nH]4)c3c2)c1. The van der Waals surface area contributed by atoms with Crippen molar-refractivity contribution in [1.29, 1.82) is 0 Å². The fourth-order valence-electron chi connectivity index (χ4n) is 5.82. The molecule has 5 heterocycles. The van der Waals surface area contributed by atoms with Crippen LogP contribution in [0.4, 0.5) is 5.69 Å². The Morgan fingerprint density at radius 2 is 1.75 bits per heavy atom. The van der Waals surface area contributed by atoms with Crippen molar-refractivity contribution in [2.45, 2.75) is 38.5 Å². The van der Waals surface area contributed by atoms with Crippen molar-refractivity contribution in [3.63, 3.8) is 0 Å². The van der Waals surface area contributed by atoms with Crippen LogP contribution in [0.3, 0.4) is 0 Å². The molecule has 0 radical (unpaired) electrons. The second kappa shape index (κ2) is 10.4. The van der Waals surface area contributed by atoms with Gasteiger partial charge in [0.25, 0.3) is 0 Å². The molecule has 0 bridgehead atoms. The maximum atomic E-state index is 12.7. The normalized spacial score (nSPS) is 14.1. The van der Waals surface area contributed by atoms with Gasteiger partial charge in [0.05, 0.1) is 34.5 Å². The predicted octanol–water partition coefficient (Wildman–Crippen LogP) is 7.14. The van der Waals surface area contributed by atoms with E-state index in [0.29, 0.717) is 12.3 Å². The first-order chi connectivity index (χ1) is 19.7. The zero-order valence-corrected chi connectivity index (χ0v) is 22.0. The monoisotopic (exact) mass is 527 g/mol. The molecule has 3 N–H and O–H groups in total. The molecule has 1 saturated carbocycles. The number of rotatable bonds is 6. The minimum atomic E-state index is 0.0665. The lowest BCUT2D eigenvalue weighted by molar-refractivity contribution is -0.117. The molecule has 40 heavy (non-hydrogen) atoms. The molecule has 1 amide bonds. The summed E-state index contributed by atoms with van der Waals surface area (Å²) in [4.78, 5) is 29.7. The molecule has 0 aliphatic heterocycles. The molecule has 1 aliphatic carbocycles. The lowest BCUT2D eigenvalue weighted by Crippen LogP contribution is -2.18. The quantitative estimate of drug-likeness (QED) is 0.213. The molecule has 8 heteroatoms. The third kappa shape index (κ3) is 4.73. The van der Waals surface area contributed by atoms with Crippen LogP contribution in [0, 0.1) is 5.92 Å². The van der Waals surface area contributed by atoms with Crippen LogP contribution in [-0.2, 0) is 4.79 Å². The third-order valence-corrected chi connectivity index (χ3v) is 7.83. The van der Waals surface area contributed by atoms with E-state index >= 15 is 0 Å². The molecule has 198 valence electrons. The number of carbonyl (C=O) groups excluding carboxylic acids is 1. The van der Waals surface area contributed by atoms with Crippen molar-refractivity contribution in [1.82, 2.24) is 30.1 Å². The second-order valence-corrected chi connectivity index (χ2v) is 10.6. The minimum Gasteiger partial charge on any atom is -0.353 e. The molecule has 6 aromatic rings. The summed E-state index contributed by atoms with van der Waals surface area (Å²) < 4.78 is 0. The van der Waals surface area contributed by atoms with E-state index in [0.717, 1.165) is 74.2 Å². The Labute approximate surface area is 231 Å². The van der Waals surface area contributed by atoms with Gasteiger partial charge in [0.1, 0.15) is 5.69 Å². The van der Waals surface area contributed by atoms with E-state index in [1.54, 1.807) is 18.6 Å². The summed E-state index contributed by atoms with van der Waals surface area (Å²) in [5.41, 5.74) is 7.93. The lowest BCUT2D eigenvalue weighted by Gasteiger charge is -2.20. The number of H-pyrrole nitrogens is 2. The predicted molar refractivity (Wildman–Crippen MR) is 157 cm³/mol. The fraction of sp³-hybridized carbons (Fsp3) is 0.219. The van der Waals surface area contributed by atoms with Gasteiger partial charge in [0.2, 0.25) is 5.91 Å². The Bertz CT molecular complexity index is 1820. The smallest absolute Gasteiger partial charge is 0.224 e. The van der Waals surface area contributed by atoms with E-state index in [9.17, 15) is 4.79 Å². The summed E-state index contributed by atoms with van der Waals surface area (Å²) in [5.74, 6) is 0.559. The van der Waals surface area contributed by atoms with Crippen molar-refractivity contribution < 1.29 is 4.79 Å². The highest BCUT2D eigenvalue weighted by Crippen LogP contribution is 2.34. The van der Waals surface area contributed by atoms with Crippen LogP contribution in [0.5, 0.6) is 0 Å². The van der Waals surface area contributed by atoms with Gasteiger partial charge in [-0.3, -0.25) is 24.8 Å². The van der Waals surface area contributed by atoms with Crippen molar-refractivity contribution in [2.75, 3.05) is 5.32 Å². The number of benzene rings is 1. The maximum absolute atomic E-state index is 12.7. The molecule has 0 saturated heterocycles. The Balaban J connectivity index is 1.19. The minimum absolute atomic E-state index is 0.0665. The Hall–Kier alpha value is -4.85. The Morgan fingerprint density at radius 3 is 2.62 bits per heavy atom. The molecule has 1 fully saturated rings. The van der Waals surface area contributed by atoms with E-state index < -0.39 is 0 Å². The number of hydrogen-bond acceptors (Lipinski definition) is 5. The van der Waals surface area contributed by atoms with E-state index in [1.807, 2.05) is 48.7 Å². The number of aromatic amines is 2. The number of nitrogens with one attached hydrogen (secondary N) is 3. The Morgan fingerprint density at radius 1 is 0.850 bits per heavy atom. The van der Waals surface area contributed by atoms with E-state index in [-0.39, 0.29) is 5.91 Å². The molecular weight excluding hydrogens is 498 g/mol. The van der Waals surface area contributed by atoms with Crippen LogP contribution < -0.4 is 5.32 Å². The van der Waals surface area contributed by atoms with E-state index in [4.69, 9.17) is 0 Å². The van der Waals surface area contributed by atoms with Gasteiger partial charge in [0, 0.05) is 46.9 Å². The van der Waals surface area contributed by atoms with Gasteiger partial charge in [-0.05, 0) is 66.8 Å². The van der Waals surface area contributed by atoms with Gasteiger partial charge in [-0.2, -0.15) is 5.10 Å². The van der Waals surface area contributed by atoms with Gasteiger partial charge in [0.15, 0.2) is 0 Å².